The largest absolute Gasteiger partial charge is 0.478 e. The Morgan fingerprint density at radius 3 is 2.47 bits per heavy atom. The SMILES string of the molecule is Cc1cc(C(=O)O)cc(-c2cc(F)cc(C#N)c2)c1. The third kappa shape index (κ3) is 2.78. The Kier molecular flexibility index (Phi) is 3.30. The van der Waals surface area contributed by atoms with Crippen molar-refractivity contribution in [3.8, 4) is 17.2 Å². The molecule has 0 saturated heterocycles. The number of nitrogens with zero attached hydrogens (tertiary/aromatic N) is 1. The summed E-state index contributed by atoms with van der Waals surface area (Å²) in [6.07, 6.45) is 0. The van der Waals surface area contributed by atoms with Gasteiger partial charge < -0.3 is 5.11 Å². The quantitative estimate of drug-likeness (QED) is 0.894. The van der Waals surface area contributed by atoms with E-state index in [1.807, 2.05) is 6.07 Å². The lowest BCUT2D eigenvalue weighted by Crippen LogP contribution is -1.97. The molecule has 0 radical (unpaired) electrons. The molecule has 0 aliphatic heterocycles. The van der Waals surface area contributed by atoms with Crippen LogP contribution in [0.5, 0.6) is 0 Å². The van der Waals surface area contributed by atoms with E-state index >= 15 is 0 Å². The summed E-state index contributed by atoms with van der Waals surface area (Å²) >= 11 is 0. The zero-order valence-corrected chi connectivity index (χ0v) is 10.1. The van der Waals surface area contributed by atoms with Crippen LogP contribution in [0.15, 0.2) is 36.4 Å². The molecule has 0 bridgehead atoms. The Bertz CT molecular complexity index is 702. The van der Waals surface area contributed by atoms with E-state index < -0.39 is 11.8 Å². The first-order valence-corrected chi connectivity index (χ1v) is 5.55. The fraction of sp³-hybridized carbons (Fsp3) is 0.0667. The maximum absolute atomic E-state index is 13.4. The normalized spacial score (nSPS) is 9.95. The molecule has 2 aromatic carbocycles. The van der Waals surface area contributed by atoms with Crippen molar-refractivity contribution in [2.45, 2.75) is 6.92 Å². The summed E-state index contributed by atoms with van der Waals surface area (Å²) in [5.74, 6) is -1.56. The first-order chi connectivity index (χ1) is 8.99. The Labute approximate surface area is 109 Å². The van der Waals surface area contributed by atoms with Gasteiger partial charge in [0.05, 0.1) is 17.2 Å². The molecule has 0 fully saturated rings. The van der Waals surface area contributed by atoms with Crippen LogP contribution < -0.4 is 0 Å². The van der Waals surface area contributed by atoms with Gasteiger partial charge in [0.15, 0.2) is 0 Å². The standard InChI is InChI=1S/C15H10FNO2/c1-9-2-11(6-13(3-9)15(18)19)12-4-10(8-17)5-14(16)7-12/h2-7H,1H3,(H,18,19). The third-order valence-corrected chi connectivity index (χ3v) is 2.68. The van der Waals surface area contributed by atoms with E-state index in [1.165, 1.54) is 24.3 Å². The zero-order chi connectivity index (χ0) is 14.0. The lowest BCUT2D eigenvalue weighted by atomic mass is 9.99. The van der Waals surface area contributed by atoms with Crippen molar-refractivity contribution in [2.24, 2.45) is 0 Å². The molecule has 0 heterocycles. The number of benzene rings is 2. The second kappa shape index (κ2) is 4.91. The number of carboxylic acids is 1. The lowest BCUT2D eigenvalue weighted by molar-refractivity contribution is 0.0697. The van der Waals surface area contributed by atoms with Gasteiger partial charge in [-0.1, -0.05) is 6.07 Å². The highest BCUT2D eigenvalue weighted by Crippen LogP contribution is 2.24. The number of aryl methyl sites for hydroxylation is 1. The molecule has 2 aromatic rings. The molecule has 0 aliphatic rings. The first-order valence-electron chi connectivity index (χ1n) is 5.55. The molecule has 0 aromatic heterocycles. The number of aromatic carboxylic acids is 1. The van der Waals surface area contributed by atoms with E-state index in [0.717, 1.165) is 11.6 Å². The predicted octanol–water partition coefficient (Wildman–Crippen LogP) is 3.37. The monoisotopic (exact) mass is 255 g/mol. The van der Waals surface area contributed by atoms with Gasteiger partial charge in [-0.25, -0.2) is 9.18 Å². The first kappa shape index (κ1) is 12.8. The Morgan fingerprint density at radius 1 is 1.16 bits per heavy atom. The molecular formula is C15H10FNO2. The second-order valence-electron chi connectivity index (χ2n) is 4.23. The second-order valence-corrected chi connectivity index (χ2v) is 4.23. The van der Waals surface area contributed by atoms with Crippen LogP contribution in [0.4, 0.5) is 4.39 Å². The van der Waals surface area contributed by atoms with Gasteiger partial charge in [0.2, 0.25) is 0 Å². The Hall–Kier alpha value is -2.67. The molecule has 1 N–H and O–H groups in total. The summed E-state index contributed by atoms with van der Waals surface area (Å²) in [6, 6.07) is 10.6. The van der Waals surface area contributed by atoms with Gasteiger partial charge in [-0.2, -0.15) is 5.26 Å². The molecule has 0 amide bonds. The van der Waals surface area contributed by atoms with E-state index in [-0.39, 0.29) is 11.1 Å². The maximum atomic E-state index is 13.4. The van der Waals surface area contributed by atoms with Gasteiger partial charge in [-0.15, -0.1) is 0 Å². The van der Waals surface area contributed by atoms with Crippen LogP contribution in [-0.2, 0) is 0 Å². The molecule has 0 atom stereocenters. The third-order valence-electron chi connectivity index (χ3n) is 2.68. The highest BCUT2D eigenvalue weighted by atomic mass is 19.1. The molecule has 4 heteroatoms. The van der Waals surface area contributed by atoms with Gasteiger partial charge in [-0.05, 0) is 53.9 Å². The highest BCUT2D eigenvalue weighted by Gasteiger charge is 2.08. The van der Waals surface area contributed by atoms with Crippen LogP contribution in [0.1, 0.15) is 21.5 Å². The average molecular weight is 255 g/mol. The summed E-state index contributed by atoms with van der Waals surface area (Å²) in [7, 11) is 0. The van der Waals surface area contributed by atoms with Crippen molar-refractivity contribution < 1.29 is 14.3 Å². The van der Waals surface area contributed by atoms with Crippen LogP contribution in [0.25, 0.3) is 11.1 Å². The number of nitriles is 1. The average Bonchev–Trinajstić information content (AvgIpc) is 2.37. The van der Waals surface area contributed by atoms with Crippen LogP contribution in [0, 0.1) is 24.1 Å². The van der Waals surface area contributed by atoms with Crippen LogP contribution in [-0.4, -0.2) is 11.1 Å². The van der Waals surface area contributed by atoms with E-state index in [9.17, 15) is 9.18 Å². The van der Waals surface area contributed by atoms with Gasteiger partial charge in [0, 0.05) is 0 Å². The molecule has 3 nitrogen and oxygen atoms in total. The fourth-order valence-corrected chi connectivity index (χ4v) is 1.89. The molecule has 19 heavy (non-hydrogen) atoms. The summed E-state index contributed by atoms with van der Waals surface area (Å²) in [6.45, 7) is 1.76. The van der Waals surface area contributed by atoms with E-state index in [0.29, 0.717) is 11.1 Å². The minimum absolute atomic E-state index is 0.137. The van der Waals surface area contributed by atoms with Crippen molar-refractivity contribution in [1.82, 2.24) is 0 Å². The van der Waals surface area contributed by atoms with Gasteiger partial charge in [-0.3, -0.25) is 0 Å². The van der Waals surface area contributed by atoms with E-state index in [4.69, 9.17) is 10.4 Å². The van der Waals surface area contributed by atoms with Crippen LogP contribution in [0.3, 0.4) is 0 Å². The molecule has 0 aliphatic carbocycles. The predicted molar refractivity (Wildman–Crippen MR) is 68.2 cm³/mol. The van der Waals surface area contributed by atoms with Crippen molar-refractivity contribution in [3.05, 3.63) is 58.9 Å². The smallest absolute Gasteiger partial charge is 0.335 e. The van der Waals surface area contributed by atoms with Crippen molar-refractivity contribution in [3.63, 3.8) is 0 Å². The number of rotatable bonds is 2. The summed E-state index contributed by atoms with van der Waals surface area (Å²) < 4.78 is 13.4. The summed E-state index contributed by atoms with van der Waals surface area (Å²) in [5.41, 5.74) is 2.17. The number of carbonyl (C=O) groups is 1. The van der Waals surface area contributed by atoms with Gasteiger partial charge >= 0.3 is 5.97 Å². The molecule has 0 saturated carbocycles. The van der Waals surface area contributed by atoms with Crippen molar-refractivity contribution >= 4 is 5.97 Å². The molecule has 0 spiro atoms. The number of hydrogen-bond donors (Lipinski definition) is 1. The number of hydrogen-bond acceptors (Lipinski definition) is 2. The topological polar surface area (TPSA) is 61.1 Å². The Balaban J connectivity index is 2.62. The zero-order valence-electron chi connectivity index (χ0n) is 10.1. The van der Waals surface area contributed by atoms with Crippen LogP contribution >= 0.6 is 0 Å². The summed E-state index contributed by atoms with van der Waals surface area (Å²) in [5, 5.41) is 17.8. The molecular weight excluding hydrogens is 245 g/mol. The van der Waals surface area contributed by atoms with E-state index in [2.05, 4.69) is 0 Å². The maximum Gasteiger partial charge on any atom is 0.335 e. The van der Waals surface area contributed by atoms with Crippen molar-refractivity contribution in [1.29, 1.82) is 5.26 Å². The highest BCUT2D eigenvalue weighted by molar-refractivity contribution is 5.89. The van der Waals surface area contributed by atoms with E-state index in [1.54, 1.807) is 13.0 Å². The van der Waals surface area contributed by atoms with Crippen LogP contribution in [0.2, 0.25) is 0 Å². The fourth-order valence-electron chi connectivity index (χ4n) is 1.89. The lowest BCUT2D eigenvalue weighted by Gasteiger charge is -2.06. The number of halogens is 1. The molecule has 2 rings (SSSR count). The molecule has 94 valence electrons. The van der Waals surface area contributed by atoms with Gasteiger partial charge in [0.1, 0.15) is 5.82 Å². The van der Waals surface area contributed by atoms with Crippen molar-refractivity contribution in [2.75, 3.05) is 0 Å². The minimum atomic E-state index is -1.04. The summed E-state index contributed by atoms with van der Waals surface area (Å²) in [4.78, 5) is 11.0. The molecule has 0 unspecified atom stereocenters. The minimum Gasteiger partial charge on any atom is -0.478 e. The Morgan fingerprint density at radius 2 is 1.84 bits per heavy atom. The number of carboxylic acid groups (broad SMARTS) is 1. The van der Waals surface area contributed by atoms with Gasteiger partial charge in [0.25, 0.3) is 0 Å².